The van der Waals surface area contributed by atoms with E-state index in [-0.39, 0.29) is 10.6 Å². The lowest BCUT2D eigenvalue weighted by Gasteiger charge is -2.13. The van der Waals surface area contributed by atoms with Gasteiger partial charge in [-0.05, 0) is 50.1 Å². The van der Waals surface area contributed by atoms with Crippen molar-refractivity contribution in [3.05, 3.63) is 63.4 Å². The summed E-state index contributed by atoms with van der Waals surface area (Å²) in [6.07, 6.45) is 0. The molecule has 6 heteroatoms. The standard InChI is InChI=1S/C18H17ClFNO3/c1-10-6-11(2)17(12(3)7-10)21-16(22)9-24-18(23)13-4-5-15(20)14(19)8-13/h4-8H,9H2,1-3H3,(H,21,22). The average molecular weight is 350 g/mol. The summed E-state index contributed by atoms with van der Waals surface area (Å²) in [6.45, 7) is 5.31. The van der Waals surface area contributed by atoms with E-state index in [9.17, 15) is 14.0 Å². The molecule has 0 saturated heterocycles. The third-order valence-electron chi connectivity index (χ3n) is 3.43. The molecular formula is C18H17ClFNO3. The molecular weight excluding hydrogens is 333 g/mol. The summed E-state index contributed by atoms with van der Waals surface area (Å²) in [5, 5.41) is 2.55. The Bertz CT molecular complexity index is 782. The van der Waals surface area contributed by atoms with E-state index in [4.69, 9.17) is 16.3 Å². The molecule has 4 nitrogen and oxygen atoms in total. The SMILES string of the molecule is Cc1cc(C)c(NC(=O)COC(=O)c2ccc(F)c(Cl)c2)c(C)c1. The van der Waals surface area contributed by atoms with Gasteiger partial charge in [-0.15, -0.1) is 0 Å². The fourth-order valence-corrected chi connectivity index (χ4v) is 2.57. The lowest BCUT2D eigenvalue weighted by Crippen LogP contribution is -2.22. The highest BCUT2D eigenvalue weighted by Crippen LogP contribution is 2.22. The van der Waals surface area contributed by atoms with Crippen LogP contribution in [0.4, 0.5) is 10.1 Å². The topological polar surface area (TPSA) is 55.4 Å². The molecule has 0 fully saturated rings. The molecule has 0 aliphatic carbocycles. The van der Waals surface area contributed by atoms with Gasteiger partial charge in [0.2, 0.25) is 0 Å². The van der Waals surface area contributed by atoms with Gasteiger partial charge in [0, 0.05) is 5.69 Å². The number of benzene rings is 2. The first kappa shape index (κ1) is 17.9. The minimum absolute atomic E-state index is 0.0805. The molecule has 126 valence electrons. The minimum Gasteiger partial charge on any atom is -0.452 e. The van der Waals surface area contributed by atoms with E-state index in [1.54, 1.807) is 0 Å². The van der Waals surface area contributed by atoms with Crippen LogP contribution >= 0.6 is 11.6 Å². The van der Waals surface area contributed by atoms with Gasteiger partial charge in [-0.1, -0.05) is 29.3 Å². The Balaban J connectivity index is 1.98. The summed E-state index contributed by atoms with van der Waals surface area (Å²) in [5.74, 6) is -1.83. The molecule has 1 amide bonds. The molecule has 0 saturated carbocycles. The monoisotopic (exact) mass is 349 g/mol. The van der Waals surface area contributed by atoms with Gasteiger partial charge in [0.15, 0.2) is 6.61 Å². The third-order valence-corrected chi connectivity index (χ3v) is 3.72. The summed E-state index contributed by atoms with van der Waals surface area (Å²) >= 11 is 5.61. The van der Waals surface area contributed by atoms with Crippen molar-refractivity contribution in [3.8, 4) is 0 Å². The maximum Gasteiger partial charge on any atom is 0.338 e. The van der Waals surface area contributed by atoms with Crippen LogP contribution in [0.2, 0.25) is 5.02 Å². The Morgan fingerprint density at radius 1 is 1.12 bits per heavy atom. The number of hydrogen-bond acceptors (Lipinski definition) is 3. The van der Waals surface area contributed by atoms with Crippen LogP contribution in [0.15, 0.2) is 30.3 Å². The second-order valence-electron chi connectivity index (χ2n) is 5.53. The second kappa shape index (κ2) is 7.45. The first-order valence-electron chi connectivity index (χ1n) is 7.28. The number of carbonyl (C=O) groups excluding carboxylic acids is 2. The smallest absolute Gasteiger partial charge is 0.338 e. The molecule has 2 aromatic carbocycles. The maximum atomic E-state index is 13.1. The van der Waals surface area contributed by atoms with Gasteiger partial charge in [-0.25, -0.2) is 9.18 Å². The van der Waals surface area contributed by atoms with Gasteiger partial charge in [-0.3, -0.25) is 4.79 Å². The lowest BCUT2D eigenvalue weighted by molar-refractivity contribution is -0.119. The molecule has 24 heavy (non-hydrogen) atoms. The molecule has 2 aromatic rings. The van der Waals surface area contributed by atoms with Crippen molar-refractivity contribution in [1.82, 2.24) is 0 Å². The van der Waals surface area contributed by atoms with Gasteiger partial charge < -0.3 is 10.1 Å². The molecule has 0 unspecified atom stereocenters. The predicted octanol–water partition coefficient (Wildman–Crippen LogP) is 4.20. The first-order chi connectivity index (χ1) is 11.3. The summed E-state index contributed by atoms with van der Waals surface area (Å²) in [7, 11) is 0. The zero-order valence-electron chi connectivity index (χ0n) is 13.6. The van der Waals surface area contributed by atoms with Crippen LogP contribution in [-0.2, 0) is 9.53 Å². The molecule has 0 radical (unpaired) electrons. The number of aryl methyl sites for hydroxylation is 3. The Labute approximate surface area is 144 Å². The quantitative estimate of drug-likeness (QED) is 0.842. The van der Waals surface area contributed by atoms with Crippen molar-refractivity contribution < 1.29 is 18.7 Å². The number of amides is 1. The van der Waals surface area contributed by atoms with Crippen LogP contribution in [-0.4, -0.2) is 18.5 Å². The summed E-state index contributed by atoms with van der Waals surface area (Å²) in [4.78, 5) is 23.8. The summed E-state index contributed by atoms with van der Waals surface area (Å²) in [6, 6.07) is 7.38. The molecule has 1 N–H and O–H groups in total. The van der Waals surface area contributed by atoms with Crippen molar-refractivity contribution in [3.63, 3.8) is 0 Å². The predicted molar refractivity (Wildman–Crippen MR) is 91.0 cm³/mol. The normalized spacial score (nSPS) is 10.4. The van der Waals surface area contributed by atoms with Crippen LogP contribution in [0.25, 0.3) is 0 Å². The number of carbonyl (C=O) groups is 2. The van der Waals surface area contributed by atoms with E-state index < -0.39 is 24.3 Å². The number of hydrogen-bond donors (Lipinski definition) is 1. The highest BCUT2D eigenvalue weighted by atomic mass is 35.5. The summed E-state index contributed by atoms with van der Waals surface area (Å²) in [5.41, 5.74) is 3.74. The van der Waals surface area contributed by atoms with E-state index in [1.165, 1.54) is 6.07 Å². The van der Waals surface area contributed by atoms with Crippen LogP contribution in [0.3, 0.4) is 0 Å². The minimum atomic E-state index is -0.746. The fourth-order valence-electron chi connectivity index (χ4n) is 2.39. The highest BCUT2D eigenvalue weighted by Gasteiger charge is 2.14. The van der Waals surface area contributed by atoms with Crippen molar-refractivity contribution in [2.24, 2.45) is 0 Å². The van der Waals surface area contributed by atoms with E-state index in [0.29, 0.717) is 5.69 Å². The van der Waals surface area contributed by atoms with E-state index in [2.05, 4.69) is 5.32 Å². The van der Waals surface area contributed by atoms with Crippen LogP contribution in [0.1, 0.15) is 27.0 Å². The van der Waals surface area contributed by atoms with Gasteiger partial charge in [0.25, 0.3) is 5.91 Å². The second-order valence-corrected chi connectivity index (χ2v) is 5.93. The number of rotatable bonds is 4. The third kappa shape index (κ3) is 4.32. The Kier molecular flexibility index (Phi) is 5.57. The fraction of sp³-hybridized carbons (Fsp3) is 0.222. The van der Waals surface area contributed by atoms with Crippen LogP contribution in [0, 0.1) is 26.6 Å². The molecule has 0 heterocycles. The zero-order chi connectivity index (χ0) is 17.9. The van der Waals surface area contributed by atoms with Crippen molar-refractivity contribution in [2.45, 2.75) is 20.8 Å². The molecule has 0 aromatic heterocycles. The number of anilines is 1. The first-order valence-corrected chi connectivity index (χ1v) is 7.65. The lowest BCUT2D eigenvalue weighted by atomic mass is 10.1. The molecule has 0 bridgehead atoms. The zero-order valence-corrected chi connectivity index (χ0v) is 14.3. The van der Waals surface area contributed by atoms with Crippen molar-refractivity contribution >= 4 is 29.2 Å². The Morgan fingerprint density at radius 2 is 1.75 bits per heavy atom. The van der Waals surface area contributed by atoms with Gasteiger partial charge in [0.05, 0.1) is 10.6 Å². The number of halogens is 2. The Morgan fingerprint density at radius 3 is 2.33 bits per heavy atom. The Hall–Kier alpha value is -2.40. The maximum absolute atomic E-state index is 13.1. The number of esters is 1. The highest BCUT2D eigenvalue weighted by molar-refractivity contribution is 6.31. The van der Waals surface area contributed by atoms with E-state index in [0.717, 1.165) is 28.8 Å². The van der Waals surface area contributed by atoms with Crippen LogP contribution in [0.5, 0.6) is 0 Å². The number of nitrogens with one attached hydrogen (secondary N) is 1. The van der Waals surface area contributed by atoms with Crippen molar-refractivity contribution in [1.29, 1.82) is 0 Å². The largest absolute Gasteiger partial charge is 0.452 e. The summed E-state index contributed by atoms with van der Waals surface area (Å²) < 4.78 is 18.0. The van der Waals surface area contributed by atoms with Gasteiger partial charge in [0.1, 0.15) is 5.82 Å². The van der Waals surface area contributed by atoms with E-state index >= 15 is 0 Å². The van der Waals surface area contributed by atoms with Crippen LogP contribution < -0.4 is 5.32 Å². The van der Waals surface area contributed by atoms with E-state index in [1.807, 2.05) is 32.9 Å². The van der Waals surface area contributed by atoms with Gasteiger partial charge in [-0.2, -0.15) is 0 Å². The number of ether oxygens (including phenoxy) is 1. The molecule has 0 aliphatic rings. The average Bonchev–Trinajstić information content (AvgIpc) is 2.51. The van der Waals surface area contributed by atoms with Crippen molar-refractivity contribution in [2.75, 3.05) is 11.9 Å². The molecule has 0 aliphatic heterocycles. The van der Waals surface area contributed by atoms with Gasteiger partial charge >= 0.3 is 5.97 Å². The molecule has 0 spiro atoms. The molecule has 0 atom stereocenters. The molecule has 2 rings (SSSR count).